The Hall–Kier alpha value is -2.42. The minimum absolute atomic E-state index is 0.108. The minimum Gasteiger partial charge on any atom is -0.308 e. The maximum absolute atomic E-state index is 11.9. The van der Waals surface area contributed by atoms with Crippen molar-refractivity contribution in [1.82, 2.24) is 14.6 Å². The van der Waals surface area contributed by atoms with Gasteiger partial charge in [-0.15, -0.1) is 0 Å². The Morgan fingerprint density at radius 2 is 2.44 bits per heavy atom. The van der Waals surface area contributed by atoms with Crippen LogP contribution < -0.4 is 5.56 Å². The van der Waals surface area contributed by atoms with Gasteiger partial charge in [-0.3, -0.25) is 9.59 Å². The van der Waals surface area contributed by atoms with Crippen LogP contribution in [-0.2, 0) is 6.42 Å². The fourth-order valence-electron chi connectivity index (χ4n) is 1.57. The van der Waals surface area contributed by atoms with Gasteiger partial charge < -0.3 is 5.10 Å². The molecular weight excluding hydrogens is 208 g/mol. The summed E-state index contributed by atoms with van der Waals surface area (Å²) < 4.78 is 1.18. The number of aldehydes is 1. The van der Waals surface area contributed by atoms with Gasteiger partial charge in [-0.05, 0) is 6.42 Å². The Kier molecular flexibility index (Phi) is 2.29. The first-order valence-corrected chi connectivity index (χ1v) is 4.68. The van der Waals surface area contributed by atoms with E-state index >= 15 is 0 Å². The summed E-state index contributed by atoms with van der Waals surface area (Å²) in [6, 6.07) is 0. The second-order valence-electron chi connectivity index (χ2n) is 3.18. The van der Waals surface area contributed by atoms with E-state index in [1.165, 1.54) is 10.7 Å². The molecule has 0 radical (unpaired) electrons. The number of nitrogens with one attached hydrogen (secondary N) is 1. The van der Waals surface area contributed by atoms with E-state index in [-0.39, 0.29) is 22.6 Å². The first kappa shape index (κ1) is 10.1. The monoisotopic (exact) mass is 216 g/mol. The molecule has 2 heterocycles. The smallest absolute Gasteiger partial charge is 0.275 e. The Morgan fingerprint density at radius 1 is 1.69 bits per heavy atom. The van der Waals surface area contributed by atoms with Gasteiger partial charge in [-0.25, -0.2) is 14.3 Å². The van der Waals surface area contributed by atoms with Gasteiger partial charge >= 0.3 is 0 Å². The topological polar surface area (TPSA) is 71.6 Å². The molecule has 1 N–H and O–H groups in total. The van der Waals surface area contributed by atoms with Crippen molar-refractivity contribution < 1.29 is 4.79 Å². The van der Waals surface area contributed by atoms with Crippen molar-refractivity contribution in [2.75, 3.05) is 0 Å². The van der Waals surface area contributed by atoms with Crippen molar-refractivity contribution in [3.8, 4) is 0 Å². The lowest BCUT2D eigenvalue weighted by Crippen LogP contribution is -2.22. The zero-order chi connectivity index (χ0) is 11.7. The lowest BCUT2D eigenvalue weighted by molar-refractivity contribution is 0.111. The number of nitrogens with zero attached hydrogens (tertiary/aromatic N) is 3. The fraction of sp³-hybridized carbons (Fsp3) is 0.200. The van der Waals surface area contributed by atoms with Crippen LogP contribution in [0.1, 0.15) is 23.0 Å². The third-order valence-electron chi connectivity index (χ3n) is 2.35. The van der Waals surface area contributed by atoms with Gasteiger partial charge in [0.1, 0.15) is 5.69 Å². The average Bonchev–Trinajstić information content (AvgIpc) is 2.71. The van der Waals surface area contributed by atoms with Gasteiger partial charge in [-0.2, -0.15) is 0 Å². The van der Waals surface area contributed by atoms with Gasteiger partial charge in [0.05, 0.1) is 6.57 Å². The second kappa shape index (κ2) is 3.62. The normalized spacial score (nSPS) is 10.2. The Bertz CT molecular complexity index is 660. The van der Waals surface area contributed by atoms with Crippen molar-refractivity contribution in [2.24, 2.45) is 0 Å². The van der Waals surface area contributed by atoms with E-state index in [0.717, 1.165) is 0 Å². The highest BCUT2D eigenvalue weighted by atomic mass is 16.1. The summed E-state index contributed by atoms with van der Waals surface area (Å²) in [4.78, 5) is 29.9. The van der Waals surface area contributed by atoms with E-state index in [4.69, 9.17) is 6.57 Å². The van der Waals surface area contributed by atoms with E-state index in [1.807, 2.05) is 0 Å². The van der Waals surface area contributed by atoms with Crippen molar-refractivity contribution in [1.29, 1.82) is 0 Å². The van der Waals surface area contributed by atoms with Crippen molar-refractivity contribution in [2.45, 2.75) is 13.3 Å². The number of hydrogen-bond donors (Lipinski definition) is 1. The molecule has 6 nitrogen and oxygen atoms in total. The summed E-state index contributed by atoms with van der Waals surface area (Å²) in [6.45, 7) is 8.67. The van der Waals surface area contributed by atoms with E-state index in [2.05, 4.69) is 14.9 Å². The van der Waals surface area contributed by atoms with E-state index in [0.29, 0.717) is 18.3 Å². The van der Waals surface area contributed by atoms with Crippen LogP contribution in [0.15, 0.2) is 11.0 Å². The molecule has 6 heteroatoms. The van der Waals surface area contributed by atoms with E-state index in [1.54, 1.807) is 6.92 Å². The lowest BCUT2D eigenvalue weighted by Gasteiger charge is -2.01. The molecule has 0 fully saturated rings. The van der Waals surface area contributed by atoms with Gasteiger partial charge in [0.25, 0.3) is 5.56 Å². The molecule has 80 valence electrons. The molecule has 0 aromatic carbocycles. The molecule has 0 aliphatic rings. The number of hydrogen-bond acceptors (Lipinski definition) is 3. The summed E-state index contributed by atoms with van der Waals surface area (Å²) in [7, 11) is 0. The van der Waals surface area contributed by atoms with Crippen molar-refractivity contribution >= 4 is 17.6 Å². The van der Waals surface area contributed by atoms with Gasteiger partial charge in [0, 0.05) is 11.8 Å². The summed E-state index contributed by atoms with van der Waals surface area (Å²) in [5.74, 6) is 0. The molecule has 0 aliphatic carbocycles. The molecule has 2 aromatic rings. The molecule has 0 saturated heterocycles. The molecule has 2 aromatic heterocycles. The van der Waals surface area contributed by atoms with Crippen LogP contribution in [0.2, 0.25) is 0 Å². The summed E-state index contributed by atoms with van der Waals surface area (Å²) in [5.41, 5.74) is 0.550. The van der Waals surface area contributed by atoms with Crippen LogP contribution in [0, 0.1) is 6.57 Å². The molecule has 0 spiro atoms. The molecule has 0 saturated carbocycles. The number of H-pyrrole nitrogens is 1. The van der Waals surface area contributed by atoms with Crippen LogP contribution >= 0.6 is 0 Å². The van der Waals surface area contributed by atoms with Crippen molar-refractivity contribution in [3.63, 3.8) is 0 Å². The van der Waals surface area contributed by atoms with Gasteiger partial charge in [0.15, 0.2) is 11.9 Å². The van der Waals surface area contributed by atoms with Crippen LogP contribution in [0.5, 0.6) is 0 Å². The summed E-state index contributed by atoms with van der Waals surface area (Å²) >= 11 is 0. The van der Waals surface area contributed by atoms with Crippen LogP contribution in [0.25, 0.3) is 10.5 Å². The highest BCUT2D eigenvalue weighted by molar-refractivity contribution is 5.77. The minimum atomic E-state index is -0.329. The number of rotatable bonds is 2. The Morgan fingerprint density at radius 3 is 3.00 bits per heavy atom. The first-order valence-electron chi connectivity index (χ1n) is 4.68. The van der Waals surface area contributed by atoms with Crippen LogP contribution in [-0.4, -0.2) is 20.9 Å². The van der Waals surface area contributed by atoms with Crippen LogP contribution in [0.3, 0.4) is 0 Å². The Labute approximate surface area is 90.3 Å². The number of carbonyl (C=O) groups is 1. The highest BCUT2D eigenvalue weighted by Gasteiger charge is 2.13. The average molecular weight is 216 g/mol. The van der Waals surface area contributed by atoms with Gasteiger partial charge in [0.2, 0.25) is 5.69 Å². The molecule has 0 bridgehead atoms. The van der Waals surface area contributed by atoms with Crippen LogP contribution in [0.4, 0.5) is 5.69 Å². The SMILES string of the molecule is [C-]#[N+]c1c[nH]n2c(=O)c(CC)c(C=O)nc12. The number of aromatic nitrogens is 3. The first-order chi connectivity index (χ1) is 7.72. The van der Waals surface area contributed by atoms with E-state index in [9.17, 15) is 9.59 Å². The molecule has 2 rings (SSSR count). The molecule has 0 amide bonds. The lowest BCUT2D eigenvalue weighted by atomic mass is 10.2. The molecule has 0 unspecified atom stereocenters. The predicted octanol–water partition coefficient (Wildman–Crippen LogP) is 0.948. The third-order valence-corrected chi connectivity index (χ3v) is 2.35. The highest BCUT2D eigenvalue weighted by Crippen LogP contribution is 2.16. The largest absolute Gasteiger partial charge is 0.308 e. The van der Waals surface area contributed by atoms with Crippen molar-refractivity contribution in [3.05, 3.63) is 39.2 Å². The third kappa shape index (κ3) is 1.22. The molecule has 0 atom stereocenters. The quantitative estimate of drug-likeness (QED) is 0.600. The van der Waals surface area contributed by atoms with Gasteiger partial charge in [-0.1, -0.05) is 6.92 Å². The fourth-order valence-corrected chi connectivity index (χ4v) is 1.57. The van der Waals surface area contributed by atoms with E-state index < -0.39 is 0 Å². The molecular formula is C10H8N4O2. The Balaban J connectivity index is 2.97. The summed E-state index contributed by atoms with van der Waals surface area (Å²) in [6.07, 6.45) is 2.36. The zero-order valence-corrected chi connectivity index (χ0v) is 8.52. The maximum atomic E-state index is 11.9. The molecule has 16 heavy (non-hydrogen) atoms. The standard InChI is InChI=1S/C10H8N4O2/c1-3-6-8(5-15)13-9-7(11-2)4-12-14(9)10(6)16/h4-5,12H,3H2,1H3. The number of aromatic amines is 1. The predicted molar refractivity (Wildman–Crippen MR) is 56.8 cm³/mol. The zero-order valence-electron chi connectivity index (χ0n) is 8.52. The number of carbonyl (C=O) groups excluding carboxylic acids is 1. The second-order valence-corrected chi connectivity index (χ2v) is 3.18. The number of fused-ring (bicyclic) bond motifs is 1. The summed E-state index contributed by atoms with van der Waals surface area (Å²) in [5, 5.41) is 2.65. The maximum Gasteiger partial charge on any atom is 0.275 e. The molecule has 0 aliphatic heterocycles.